The fourth-order valence-corrected chi connectivity index (χ4v) is 3.86. The van der Waals surface area contributed by atoms with Gasteiger partial charge >= 0.3 is 0 Å². The summed E-state index contributed by atoms with van der Waals surface area (Å²) in [5.74, 6) is 1.98. The van der Waals surface area contributed by atoms with E-state index in [1.807, 2.05) is 36.4 Å². The number of ether oxygens (including phenoxy) is 1. The number of nitrogens with zero attached hydrogens (tertiary/aromatic N) is 5. The highest BCUT2D eigenvalue weighted by atomic mass is 16.5. The molecule has 4 aromatic rings. The fourth-order valence-electron chi connectivity index (χ4n) is 3.86. The number of rotatable bonds is 5. The molecule has 1 aliphatic carbocycles. The Morgan fingerprint density at radius 2 is 1.93 bits per heavy atom. The molecule has 0 atom stereocenters. The quantitative estimate of drug-likeness (QED) is 0.520. The molecule has 7 nitrogen and oxygen atoms in total. The SMILES string of the molecule is COc1ccc(Cc2nc(-c3ccc4c(c3)nnn4C3CCCC3)no2)cc1. The molecule has 1 aliphatic rings. The lowest BCUT2D eigenvalue weighted by atomic mass is 10.1. The molecule has 28 heavy (non-hydrogen) atoms. The van der Waals surface area contributed by atoms with E-state index in [9.17, 15) is 0 Å². The van der Waals surface area contributed by atoms with Gasteiger partial charge in [-0.15, -0.1) is 5.10 Å². The standard InChI is InChI=1S/C21H21N5O2/c1-27-17-9-6-14(7-10-17)12-20-22-21(24-28-20)15-8-11-19-18(13-15)23-25-26(19)16-4-2-3-5-16/h6-11,13,16H,2-5,12H2,1H3. The average Bonchev–Trinajstić information content (AvgIpc) is 3.48. The van der Waals surface area contributed by atoms with Gasteiger partial charge in [0.25, 0.3) is 0 Å². The van der Waals surface area contributed by atoms with E-state index in [0.717, 1.165) is 27.9 Å². The zero-order valence-corrected chi connectivity index (χ0v) is 15.7. The van der Waals surface area contributed by atoms with E-state index in [1.165, 1.54) is 25.7 Å². The van der Waals surface area contributed by atoms with E-state index in [2.05, 4.69) is 31.2 Å². The highest BCUT2D eigenvalue weighted by molar-refractivity contribution is 5.80. The number of hydrogen-bond acceptors (Lipinski definition) is 6. The second kappa shape index (κ2) is 7.07. The minimum atomic E-state index is 0.470. The molecule has 0 radical (unpaired) electrons. The lowest BCUT2D eigenvalue weighted by Gasteiger charge is -2.09. The minimum absolute atomic E-state index is 0.470. The van der Waals surface area contributed by atoms with Crippen LogP contribution in [-0.2, 0) is 6.42 Å². The molecule has 142 valence electrons. The molecular weight excluding hydrogens is 354 g/mol. The lowest BCUT2D eigenvalue weighted by molar-refractivity contribution is 0.385. The molecule has 1 saturated carbocycles. The Bertz CT molecular complexity index is 1090. The van der Waals surface area contributed by atoms with Crippen molar-refractivity contribution in [2.24, 2.45) is 0 Å². The molecule has 1 fully saturated rings. The number of fused-ring (bicyclic) bond motifs is 1. The van der Waals surface area contributed by atoms with Crippen LogP contribution in [0.2, 0.25) is 0 Å². The summed E-state index contributed by atoms with van der Waals surface area (Å²) in [4.78, 5) is 4.55. The van der Waals surface area contributed by atoms with Gasteiger partial charge in [0.15, 0.2) is 0 Å². The smallest absolute Gasteiger partial charge is 0.231 e. The second-order valence-corrected chi connectivity index (χ2v) is 7.21. The maximum Gasteiger partial charge on any atom is 0.231 e. The Hall–Kier alpha value is -3.22. The maximum atomic E-state index is 5.44. The Morgan fingerprint density at radius 3 is 2.71 bits per heavy atom. The summed E-state index contributed by atoms with van der Waals surface area (Å²) in [7, 11) is 1.66. The molecule has 5 rings (SSSR count). The first-order valence-electron chi connectivity index (χ1n) is 9.61. The van der Waals surface area contributed by atoms with E-state index in [4.69, 9.17) is 9.26 Å². The molecule has 0 saturated heterocycles. The molecule has 2 heterocycles. The van der Waals surface area contributed by atoms with Gasteiger partial charge in [0.05, 0.1) is 25.1 Å². The van der Waals surface area contributed by atoms with E-state index in [-0.39, 0.29) is 0 Å². The van der Waals surface area contributed by atoms with Gasteiger partial charge in [0.2, 0.25) is 11.7 Å². The summed E-state index contributed by atoms with van der Waals surface area (Å²) < 4.78 is 12.7. The second-order valence-electron chi connectivity index (χ2n) is 7.21. The van der Waals surface area contributed by atoms with Gasteiger partial charge in [0.1, 0.15) is 11.3 Å². The molecule has 0 unspecified atom stereocenters. The predicted octanol–water partition coefficient (Wildman–Crippen LogP) is 4.20. The third-order valence-electron chi connectivity index (χ3n) is 5.38. The van der Waals surface area contributed by atoms with Crippen LogP contribution < -0.4 is 4.74 Å². The van der Waals surface area contributed by atoms with Crippen molar-refractivity contribution in [1.82, 2.24) is 25.1 Å². The largest absolute Gasteiger partial charge is 0.497 e. The Kier molecular flexibility index (Phi) is 4.27. The Balaban J connectivity index is 1.38. The highest BCUT2D eigenvalue weighted by Gasteiger charge is 2.20. The van der Waals surface area contributed by atoms with Crippen molar-refractivity contribution in [1.29, 1.82) is 0 Å². The van der Waals surface area contributed by atoms with Crippen LogP contribution in [0.25, 0.3) is 22.4 Å². The maximum absolute atomic E-state index is 5.44. The molecule has 0 amide bonds. The lowest BCUT2D eigenvalue weighted by Crippen LogP contribution is -2.06. The number of hydrogen-bond donors (Lipinski definition) is 0. The van der Waals surface area contributed by atoms with Crippen LogP contribution in [0, 0.1) is 0 Å². The summed E-state index contributed by atoms with van der Waals surface area (Å²) >= 11 is 0. The van der Waals surface area contributed by atoms with Crippen LogP contribution in [0.5, 0.6) is 5.75 Å². The summed E-state index contributed by atoms with van der Waals surface area (Å²) in [6, 6.07) is 14.4. The number of benzene rings is 2. The topological polar surface area (TPSA) is 78.9 Å². The van der Waals surface area contributed by atoms with Crippen molar-refractivity contribution in [2.45, 2.75) is 38.1 Å². The van der Waals surface area contributed by atoms with Crippen molar-refractivity contribution in [3.63, 3.8) is 0 Å². The van der Waals surface area contributed by atoms with Crippen molar-refractivity contribution in [3.05, 3.63) is 53.9 Å². The molecular formula is C21H21N5O2. The summed E-state index contributed by atoms with van der Waals surface area (Å²) in [6.45, 7) is 0. The number of methoxy groups -OCH3 is 1. The molecule has 0 spiro atoms. The van der Waals surface area contributed by atoms with E-state index in [0.29, 0.717) is 24.2 Å². The highest BCUT2D eigenvalue weighted by Crippen LogP contribution is 2.32. The normalized spacial score (nSPS) is 14.8. The van der Waals surface area contributed by atoms with Crippen molar-refractivity contribution in [3.8, 4) is 17.1 Å². The van der Waals surface area contributed by atoms with Gasteiger partial charge in [-0.2, -0.15) is 4.98 Å². The van der Waals surface area contributed by atoms with Crippen LogP contribution in [0.4, 0.5) is 0 Å². The molecule has 2 aromatic carbocycles. The minimum Gasteiger partial charge on any atom is -0.497 e. The zero-order valence-electron chi connectivity index (χ0n) is 15.7. The van der Waals surface area contributed by atoms with Crippen LogP contribution in [-0.4, -0.2) is 32.2 Å². The van der Waals surface area contributed by atoms with Crippen LogP contribution >= 0.6 is 0 Å². The van der Waals surface area contributed by atoms with Gasteiger partial charge in [-0.05, 0) is 48.7 Å². The van der Waals surface area contributed by atoms with Gasteiger partial charge in [-0.25, -0.2) is 4.68 Å². The third-order valence-corrected chi connectivity index (χ3v) is 5.38. The molecule has 0 N–H and O–H groups in total. The van der Waals surface area contributed by atoms with Gasteiger partial charge in [-0.3, -0.25) is 0 Å². The third kappa shape index (κ3) is 3.13. The monoisotopic (exact) mass is 375 g/mol. The van der Waals surface area contributed by atoms with Crippen molar-refractivity contribution in [2.75, 3.05) is 7.11 Å². The first kappa shape index (κ1) is 16.9. The molecule has 7 heteroatoms. The summed E-state index contributed by atoms with van der Waals surface area (Å²) in [5, 5.41) is 12.9. The van der Waals surface area contributed by atoms with Crippen molar-refractivity contribution >= 4 is 11.0 Å². The zero-order chi connectivity index (χ0) is 18.9. The first-order valence-corrected chi connectivity index (χ1v) is 9.61. The van der Waals surface area contributed by atoms with E-state index < -0.39 is 0 Å². The van der Waals surface area contributed by atoms with E-state index >= 15 is 0 Å². The first-order chi connectivity index (χ1) is 13.8. The molecule has 0 bridgehead atoms. The molecule has 0 aliphatic heterocycles. The summed E-state index contributed by atoms with van der Waals surface area (Å²) in [6.07, 6.45) is 5.48. The summed E-state index contributed by atoms with van der Waals surface area (Å²) in [5.41, 5.74) is 3.91. The predicted molar refractivity (Wildman–Crippen MR) is 104 cm³/mol. The van der Waals surface area contributed by atoms with Crippen LogP contribution in [0.15, 0.2) is 47.0 Å². The van der Waals surface area contributed by atoms with E-state index in [1.54, 1.807) is 7.11 Å². The van der Waals surface area contributed by atoms with Crippen molar-refractivity contribution < 1.29 is 9.26 Å². The molecule has 2 aromatic heterocycles. The Morgan fingerprint density at radius 1 is 1.11 bits per heavy atom. The van der Waals surface area contributed by atoms with Gasteiger partial charge in [-0.1, -0.05) is 35.3 Å². The Labute approximate surface area is 162 Å². The fraction of sp³-hybridized carbons (Fsp3) is 0.333. The van der Waals surface area contributed by atoms with Gasteiger partial charge in [0, 0.05) is 5.56 Å². The average molecular weight is 375 g/mol. The van der Waals surface area contributed by atoms with Gasteiger partial charge < -0.3 is 9.26 Å². The van der Waals surface area contributed by atoms with Crippen LogP contribution in [0.3, 0.4) is 0 Å². The van der Waals surface area contributed by atoms with Crippen LogP contribution in [0.1, 0.15) is 43.2 Å². The number of aromatic nitrogens is 5.